The summed E-state index contributed by atoms with van der Waals surface area (Å²) in [6, 6.07) is 15.3. The first kappa shape index (κ1) is 22.7. The molecule has 31 heavy (non-hydrogen) atoms. The van der Waals surface area contributed by atoms with Crippen LogP contribution in [-0.4, -0.2) is 33.8 Å². The SMILES string of the molecule is COc1ccc(-c2ccc(CCC(=O)NCCc3cc(OC)c(OC)cc3Br)o2)cc1. The fourth-order valence-corrected chi connectivity index (χ4v) is 3.69. The van der Waals surface area contributed by atoms with Gasteiger partial charge in [0.25, 0.3) is 0 Å². The molecule has 164 valence electrons. The summed E-state index contributed by atoms with van der Waals surface area (Å²) in [4.78, 5) is 12.2. The Kier molecular flexibility index (Phi) is 8.00. The van der Waals surface area contributed by atoms with Crippen LogP contribution in [0.3, 0.4) is 0 Å². The number of amides is 1. The molecule has 3 rings (SSSR count). The first-order chi connectivity index (χ1) is 15.0. The molecule has 0 saturated carbocycles. The van der Waals surface area contributed by atoms with Gasteiger partial charge in [0.2, 0.25) is 5.91 Å². The van der Waals surface area contributed by atoms with Crippen LogP contribution < -0.4 is 19.5 Å². The van der Waals surface area contributed by atoms with Gasteiger partial charge in [0.15, 0.2) is 11.5 Å². The molecule has 0 bridgehead atoms. The van der Waals surface area contributed by atoms with Crippen LogP contribution in [0.2, 0.25) is 0 Å². The lowest BCUT2D eigenvalue weighted by Gasteiger charge is -2.12. The number of methoxy groups -OCH3 is 3. The molecule has 1 heterocycles. The van der Waals surface area contributed by atoms with Gasteiger partial charge in [-0.05, 0) is 60.5 Å². The van der Waals surface area contributed by atoms with Crippen molar-refractivity contribution >= 4 is 21.8 Å². The molecule has 2 aromatic carbocycles. The Labute approximate surface area is 190 Å². The molecule has 0 aliphatic rings. The van der Waals surface area contributed by atoms with E-state index in [0.717, 1.165) is 32.9 Å². The lowest BCUT2D eigenvalue weighted by Crippen LogP contribution is -2.25. The van der Waals surface area contributed by atoms with Crippen molar-refractivity contribution in [2.45, 2.75) is 19.3 Å². The Morgan fingerprint density at radius 1 is 0.935 bits per heavy atom. The summed E-state index contributed by atoms with van der Waals surface area (Å²) in [5.74, 6) is 3.67. The predicted molar refractivity (Wildman–Crippen MR) is 123 cm³/mol. The molecule has 3 aromatic rings. The number of hydrogen-bond donors (Lipinski definition) is 1. The number of rotatable bonds is 10. The first-order valence-electron chi connectivity index (χ1n) is 9.94. The summed E-state index contributed by atoms with van der Waals surface area (Å²) in [5, 5.41) is 2.96. The molecule has 1 amide bonds. The quantitative estimate of drug-likeness (QED) is 0.434. The maximum Gasteiger partial charge on any atom is 0.220 e. The van der Waals surface area contributed by atoms with Crippen molar-refractivity contribution in [3.8, 4) is 28.6 Å². The molecular formula is C24H26BrNO5. The number of furan rings is 1. The van der Waals surface area contributed by atoms with E-state index in [1.54, 1.807) is 21.3 Å². The number of halogens is 1. The highest BCUT2D eigenvalue weighted by Crippen LogP contribution is 2.33. The van der Waals surface area contributed by atoms with E-state index in [0.29, 0.717) is 37.3 Å². The van der Waals surface area contributed by atoms with Gasteiger partial charge < -0.3 is 23.9 Å². The van der Waals surface area contributed by atoms with Crippen LogP contribution >= 0.6 is 15.9 Å². The molecular weight excluding hydrogens is 462 g/mol. The van der Waals surface area contributed by atoms with Gasteiger partial charge in [-0.1, -0.05) is 15.9 Å². The Morgan fingerprint density at radius 2 is 1.65 bits per heavy atom. The molecule has 0 atom stereocenters. The van der Waals surface area contributed by atoms with E-state index < -0.39 is 0 Å². The third kappa shape index (κ3) is 6.04. The summed E-state index contributed by atoms with van der Waals surface area (Å²) in [5.41, 5.74) is 2.00. The third-order valence-electron chi connectivity index (χ3n) is 4.90. The molecule has 1 aromatic heterocycles. The van der Waals surface area contributed by atoms with Crippen LogP contribution in [0.4, 0.5) is 0 Å². The van der Waals surface area contributed by atoms with Crippen LogP contribution in [0.25, 0.3) is 11.3 Å². The van der Waals surface area contributed by atoms with Crippen LogP contribution in [0.15, 0.2) is 57.4 Å². The Bertz CT molecular complexity index is 1010. The molecule has 0 aliphatic heterocycles. The third-order valence-corrected chi connectivity index (χ3v) is 5.64. The molecule has 1 N–H and O–H groups in total. The summed E-state index contributed by atoms with van der Waals surface area (Å²) >= 11 is 3.54. The van der Waals surface area contributed by atoms with Crippen LogP contribution in [0.5, 0.6) is 17.2 Å². The zero-order valence-corrected chi connectivity index (χ0v) is 19.5. The first-order valence-corrected chi connectivity index (χ1v) is 10.7. The average Bonchev–Trinajstić information content (AvgIpc) is 3.27. The van der Waals surface area contributed by atoms with E-state index in [1.165, 1.54) is 0 Å². The minimum absolute atomic E-state index is 0.0148. The second kappa shape index (κ2) is 10.9. The highest BCUT2D eigenvalue weighted by atomic mass is 79.9. The summed E-state index contributed by atoms with van der Waals surface area (Å²) in [6.07, 6.45) is 1.58. The van der Waals surface area contributed by atoms with Gasteiger partial charge in [0.05, 0.1) is 21.3 Å². The van der Waals surface area contributed by atoms with Gasteiger partial charge in [-0.15, -0.1) is 0 Å². The normalized spacial score (nSPS) is 10.6. The molecule has 0 aliphatic carbocycles. The largest absolute Gasteiger partial charge is 0.497 e. The Morgan fingerprint density at radius 3 is 2.32 bits per heavy atom. The second-order valence-electron chi connectivity index (χ2n) is 6.89. The van der Waals surface area contributed by atoms with Crippen molar-refractivity contribution in [3.05, 3.63) is 64.3 Å². The van der Waals surface area contributed by atoms with Crippen molar-refractivity contribution in [3.63, 3.8) is 0 Å². The van der Waals surface area contributed by atoms with E-state index in [9.17, 15) is 4.79 Å². The number of carbonyl (C=O) groups excluding carboxylic acids is 1. The minimum Gasteiger partial charge on any atom is -0.497 e. The van der Waals surface area contributed by atoms with Crippen molar-refractivity contribution in [1.29, 1.82) is 0 Å². The van der Waals surface area contributed by atoms with Crippen molar-refractivity contribution < 1.29 is 23.4 Å². The smallest absolute Gasteiger partial charge is 0.220 e. The minimum atomic E-state index is -0.0148. The van der Waals surface area contributed by atoms with Gasteiger partial charge in [-0.25, -0.2) is 0 Å². The zero-order valence-electron chi connectivity index (χ0n) is 17.9. The van der Waals surface area contributed by atoms with E-state index in [1.807, 2.05) is 48.5 Å². The predicted octanol–water partition coefficient (Wildman–Crippen LogP) is 5.03. The number of nitrogens with one attached hydrogen (secondary N) is 1. The van der Waals surface area contributed by atoms with Gasteiger partial charge in [-0.2, -0.15) is 0 Å². The zero-order chi connectivity index (χ0) is 22.2. The number of benzene rings is 2. The Hall–Kier alpha value is -2.93. The Balaban J connectivity index is 1.47. The maximum atomic E-state index is 12.2. The standard InChI is InChI=1S/C24H26BrNO5/c1-28-18-6-4-16(5-7-18)21-10-8-19(31-21)9-11-24(27)26-13-12-17-14-22(29-2)23(30-3)15-20(17)25/h4-8,10,14-15H,9,11-13H2,1-3H3,(H,26,27). The van der Waals surface area contributed by atoms with Crippen LogP contribution in [-0.2, 0) is 17.6 Å². The summed E-state index contributed by atoms with van der Waals surface area (Å²) in [6.45, 7) is 0.530. The highest BCUT2D eigenvalue weighted by molar-refractivity contribution is 9.10. The maximum absolute atomic E-state index is 12.2. The number of aryl methyl sites for hydroxylation is 1. The van der Waals surface area contributed by atoms with E-state index >= 15 is 0 Å². The molecule has 0 saturated heterocycles. The molecule has 7 heteroatoms. The lowest BCUT2D eigenvalue weighted by atomic mass is 10.1. The lowest BCUT2D eigenvalue weighted by molar-refractivity contribution is -0.121. The summed E-state index contributed by atoms with van der Waals surface area (Å²) < 4.78 is 22.6. The molecule has 0 unspecified atom stereocenters. The number of hydrogen-bond acceptors (Lipinski definition) is 5. The van der Waals surface area contributed by atoms with Crippen molar-refractivity contribution in [2.24, 2.45) is 0 Å². The van der Waals surface area contributed by atoms with E-state index in [-0.39, 0.29) is 5.91 Å². The van der Waals surface area contributed by atoms with Gasteiger partial charge in [0.1, 0.15) is 17.3 Å². The molecule has 0 radical (unpaired) electrons. The fraction of sp³-hybridized carbons (Fsp3) is 0.292. The van der Waals surface area contributed by atoms with Crippen LogP contribution in [0, 0.1) is 0 Å². The van der Waals surface area contributed by atoms with E-state index in [2.05, 4.69) is 21.2 Å². The number of carbonyl (C=O) groups is 1. The second-order valence-corrected chi connectivity index (χ2v) is 7.75. The van der Waals surface area contributed by atoms with E-state index in [4.69, 9.17) is 18.6 Å². The molecule has 6 nitrogen and oxygen atoms in total. The average molecular weight is 488 g/mol. The summed E-state index contributed by atoms with van der Waals surface area (Å²) in [7, 11) is 4.84. The fourth-order valence-electron chi connectivity index (χ4n) is 3.17. The molecule has 0 spiro atoms. The van der Waals surface area contributed by atoms with Gasteiger partial charge in [-0.3, -0.25) is 4.79 Å². The van der Waals surface area contributed by atoms with Crippen molar-refractivity contribution in [1.82, 2.24) is 5.32 Å². The molecule has 0 fully saturated rings. The van der Waals surface area contributed by atoms with Gasteiger partial charge >= 0.3 is 0 Å². The van der Waals surface area contributed by atoms with Crippen LogP contribution in [0.1, 0.15) is 17.7 Å². The topological polar surface area (TPSA) is 69.9 Å². The number of ether oxygens (including phenoxy) is 3. The monoisotopic (exact) mass is 487 g/mol. The van der Waals surface area contributed by atoms with Crippen molar-refractivity contribution in [2.75, 3.05) is 27.9 Å². The highest BCUT2D eigenvalue weighted by Gasteiger charge is 2.11. The van der Waals surface area contributed by atoms with Gasteiger partial charge in [0, 0.05) is 29.4 Å².